The molecule has 0 aromatic carbocycles. The van der Waals surface area contributed by atoms with Crippen LogP contribution < -0.4 is 0 Å². The van der Waals surface area contributed by atoms with Crippen molar-refractivity contribution in [2.75, 3.05) is 20.6 Å². The quantitative estimate of drug-likeness (QED) is 0.483. The van der Waals surface area contributed by atoms with E-state index in [0.717, 1.165) is 18.5 Å². The summed E-state index contributed by atoms with van der Waals surface area (Å²) in [6, 6.07) is 0. The fraction of sp³-hybridized carbons (Fsp3) is 0.462. The Bertz CT molecular complexity index is 215. The zero-order valence-electron chi connectivity index (χ0n) is 10.5. The molecule has 0 amide bonds. The Balaban J connectivity index is 0. The standard InChI is InChI=1S/C11H18N2.C2H6/c1-5-7-11(9-12-3)10-13(4)8-6-2;1-2/h5-6,9-10H,1-2,7-8H2,3-4H3;1-2H3/b11-10+,12-9?;. The molecule has 0 unspecified atom stereocenters. The second kappa shape index (κ2) is 12.7. The molecule has 0 radical (unpaired) electrons. The molecule has 86 valence electrons. The van der Waals surface area contributed by atoms with E-state index < -0.39 is 0 Å². The van der Waals surface area contributed by atoms with Gasteiger partial charge < -0.3 is 4.90 Å². The van der Waals surface area contributed by atoms with Crippen LogP contribution in [0.2, 0.25) is 0 Å². The topological polar surface area (TPSA) is 15.6 Å². The van der Waals surface area contributed by atoms with Gasteiger partial charge >= 0.3 is 0 Å². The molecular weight excluding hydrogens is 184 g/mol. The summed E-state index contributed by atoms with van der Waals surface area (Å²) in [7, 11) is 3.78. The minimum absolute atomic E-state index is 0.845. The van der Waals surface area contributed by atoms with Crippen LogP contribution in [0.4, 0.5) is 0 Å². The molecule has 0 aromatic heterocycles. The molecular formula is C13H24N2. The normalized spacial score (nSPS) is 10.5. The highest BCUT2D eigenvalue weighted by Crippen LogP contribution is 2.00. The van der Waals surface area contributed by atoms with Crippen molar-refractivity contribution < 1.29 is 0 Å². The Labute approximate surface area is 94.7 Å². The molecule has 15 heavy (non-hydrogen) atoms. The van der Waals surface area contributed by atoms with Crippen LogP contribution in [-0.4, -0.2) is 31.8 Å². The smallest absolute Gasteiger partial charge is 0.0348 e. The van der Waals surface area contributed by atoms with Crippen LogP contribution in [0.1, 0.15) is 20.3 Å². The molecule has 0 atom stereocenters. The highest BCUT2D eigenvalue weighted by atomic mass is 15.1. The van der Waals surface area contributed by atoms with Crippen LogP contribution in [0.25, 0.3) is 0 Å². The molecule has 0 aliphatic heterocycles. The molecule has 0 aliphatic rings. The predicted molar refractivity (Wildman–Crippen MR) is 71.5 cm³/mol. The molecule has 0 saturated carbocycles. The van der Waals surface area contributed by atoms with Gasteiger partial charge in [0, 0.05) is 33.1 Å². The van der Waals surface area contributed by atoms with E-state index in [1.807, 2.05) is 39.3 Å². The zero-order valence-corrected chi connectivity index (χ0v) is 10.5. The Kier molecular flexibility index (Phi) is 13.6. The van der Waals surface area contributed by atoms with E-state index in [2.05, 4.69) is 29.3 Å². The molecule has 2 nitrogen and oxygen atoms in total. The average Bonchev–Trinajstić information content (AvgIpc) is 2.22. The summed E-state index contributed by atoms with van der Waals surface area (Å²) in [5, 5.41) is 0. The van der Waals surface area contributed by atoms with Gasteiger partial charge in [-0.2, -0.15) is 0 Å². The fourth-order valence-electron chi connectivity index (χ4n) is 1.01. The van der Waals surface area contributed by atoms with Crippen LogP contribution in [-0.2, 0) is 0 Å². The summed E-state index contributed by atoms with van der Waals surface area (Å²) < 4.78 is 0. The Morgan fingerprint density at radius 3 is 2.27 bits per heavy atom. The third kappa shape index (κ3) is 10.6. The predicted octanol–water partition coefficient (Wildman–Crippen LogP) is 3.29. The van der Waals surface area contributed by atoms with Crippen molar-refractivity contribution in [2.45, 2.75) is 20.3 Å². The Morgan fingerprint density at radius 2 is 1.87 bits per heavy atom. The van der Waals surface area contributed by atoms with E-state index in [-0.39, 0.29) is 0 Å². The van der Waals surface area contributed by atoms with Gasteiger partial charge in [-0.3, -0.25) is 4.99 Å². The molecule has 0 N–H and O–H groups in total. The monoisotopic (exact) mass is 208 g/mol. The van der Waals surface area contributed by atoms with Crippen molar-refractivity contribution in [1.29, 1.82) is 0 Å². The van der Waals surface area contributed by atoms with E-state index in [1.165, 1.54) is 0 Å². The van der Waals surface area contributed by atoms with Crippen molar-refractivity contribution in [3.63, 3.8) is 0 Å². The molecule has 0 heterocycles. The van der Waals surface area contributed by atoms with E-state index in [4.69, 9.17) is 0 Å². The molecule has 0 spiro atoms. The molecule has 0 aromatic rings. The minimum atomic E-state index is 0.845. The van der Waals surface area contributed by atoms with Crippen molar-refractivity contribution in [1.82, 2.24) is 4.90 Å². The summed E-state index contributed by atoms with van der Waals surface area (Å²) in [5.74, 6) is 0. The van der Waals surface area contributed by atoms with Crippen molar-refractivity contribution in [2.24, 2.45) is 4.99 Å². The van der Waals surface area contributed by atoms with Crippen LogP contribution in [0.15, 0.2) is 42.1 Å². The summed E-state index contributed by atoms with van der Waals surface area (Å²) in [5.41, 5.74) is 1.15. The highest BCUT2D eigenvalue weighted by molar-refractivity contribution is 5.78. The lowest BCUT2D eigenvalue weighted by molar-refractivity contribution is 0.507. The van der Waals surface area contributed by atoms with Gasteiger partial charge in [-0.1, -0.05) is 26.0 Å². The molecule has 2 heteroatoms. The lowest BCUT2D eigenvalue weighted by Gasteiger charge is -2.11. The number of hydrogen-bond acceptors (Lipinski definition) is 2. The van der Waals surface area contributed by atoms with E-state index in [9.17, 15) is 0 Å². The summed E-state index contributed by atoms with van der Waals surface area (Å²) in [4.78, 5) is 6.04. The molecule has 0 saturated heterocycles. The van der Waals surface area contributed by atoms with Crippen LogP contribution >= 0.6 is 0 Å². The lowest BCUT2D eigenvalue weighted by Crippen LogP contribution is -2.11. The Hall–Kier alpha value is -1.31. The number of rotatable bonds is 6. The van der Waals surface area contributed by atoms with Gasteiger partial charge in [-0.15, -0.1) is 13.2 Å². The number of nitrogens with zero attached hydrogens (tertiary/aromatic N) is 2. The fourth-order valence-corrected chi connectivity index (χ4v) is 1.01. The Morgan fingerprint density at radius 1 is 1.27 bits per heavy atom. The van der Waals surface area contributed by atoms with E-state index in [1.54, 1.807) is 7.05 Å². The molecule has 0 bridgehead atoms. The zero-order chi connectivity index (χ0) is 12.1. The maximum atomic E-state index is 3.97. The third-order valence-corrected chi connectivity index (χ3v) is 1.48. The number of hydrogen-bond donors (Lipinski definition) is 0. The second-order valence-corrected chi connectivity index (χ2v) is 2.81. The van der Waals surface area contributed by atoms with Crippen LogP contribution in [0.3, 0.4) is 0 Å². The number of likely N-dealkylation sites (N-methyl/N-ethyl adjacent to an activating group) is 1. The van der Waals surface area contributed by atoms with E-state index >= 15 is 0 Å². The number of aliphatic imine (C=N–C) groups is 1. The number of allylic oxidation sites excluding steroid dienone is 2. The van der Waals surface area contributed by atoms with Crippen LogP contribution in [0, 0.1) is 0 Å². The van der Waals surface area contributed by atoms with Gasteiger partial charge in [0.15, 0.2) is 0 Å². The van der Waals surface area contributed by atoms with E-state index in [0.29, 0.717) is 0 Å². The maximum absolute atomic E-state index is 3.97. The summed E-state index contributed by atoms with van der Waals surface area (Å²) in [6.07, 6.45) is 8.48. The largest absolute Gasteiger partial charge is 0.376 e. The molecule has 0 fully saturated rings. The van der Waals surface area contributed by atoms with Gasteiger partial charge in [-0.25, -0.2) is 0 Å². The second-order valence-electron chi connectivity index (χ2n) is 2.81. The first-order chi connectivity index (χ1) is 7.24. The molecule has 0 aliphatic carbocycles. The maximum Gasteiger partial charge on any atom is 0.0348 e. The van der Waals surface area contributed by atoms with Gasteiger partial charge in [0.05, 0.1) is 0 Å². The first kappa shape index (κ1) is 16.1. The first-order valence-electron chi connectivity index (χ1n) is 5.29. The van der Waals surface area contributed by atoms with Crippen LogP contribution in [0.5, 0.6) is 0 Å². The van der Waals surface area contributed by atoms with Gasteiger partial charge in [0.1, 0.15) is 0 Å². The van der Waals surface area contributed by atoms with Gasteiger partial charge in [0.2, 0.25) is 0 Å². The highest BCUT2D eigenvalue weighted by Gasteiger charge is 1.92. The third-order valence-electron chi connectivity index (χ3n) is 1.48. The van der Waals surface area contributed by atoms with Crippen molar-refractivity contribution in [3.05, 3.63) is 37.1 Å². The summed E-state index contributed by atoms with van der Waals surface area (Å²) >= 11 is 0. The lowest BCUT2D eigenvalue weighted by atomic mass is 10.2. The van der Waals surface area contributed by atoms with Gasteiger partial charge in [0.25, 0.3) is 0 Å². The first-order valence-corrected chi connectivity index (χ1v) is 5.29. The van der Waals surface area contributed by atoms with Crippen molar-refractivity contribution >= 4 is 6.21 Å². The molecule has 0 rings (SSSR count). The minimum Gasteiger partial charge on any atom is -0.376 e. The summed E-state index contributed by atoms with van der Waals surface area (Å²) in [6.45, 7) is 12.2. The van der Waals surface area contributed by atoms with Crippen molar-refractivity contribution in [3.8, 4) is 0 Å². The SMILES string of the molecule is C=CC/C(C=NC)=C\N(C)CC=C.CC. The van der Waals surface area contributed by atoms with Gasteiger partial charge in [-0.05, 0) is 12.0 Å². The average molecular weight is 208 g/mol.